The predicted octanol–water partition coefficient (Wildman–Crippen LogP) is 4.47. The van der Waals surface area contributed by atoms with Gasteiger partial charge in [0.25, 0.3) is 0 Å². The van der Waals surface area contributed by atoms with Crippen molar-refractivity contribution in [3.05, 3.63) is 77.1 Å². The largest absolute Gasteiger partial charge is 0.273 e. The number of carbonyl (C=O) groups is 1. The Morgan fingerprint density at radius 3 is 2.56 bits per heavy atom. The van der Waals surface area contributed by atoms with Gasteiger partial charge in [-0.15, -0.1) is 11.8 Å². The van der Waals surface area contributed by atoms with Gasteiger partial charge in [0.05, 0.1) is 23.2 Å². The Morgan fingerprint density at radius 1 is 1.19 bits per heavy atom. The van der Waals surface area contributed by atoms with E-state index in [9.17, 15) is 4.79 Å². The molecule has 0 unspecified atom stereocenters. The Labute approximate surface area is 167 Å². The normalized spacial score (nSPS) is 11.0. The molecular formula is C20H19ClN4OS. The van der Waals surface area contributed by atoms with Gasteiger partial charge in [0.2, 0.25) is 5.91 Å². The van der Waals surface area contributed by atoms with Crippen molar-refractivity contribution < 1.29 is 4.79 Å². The average Bonchev–Trinajstić information content (AvgIpc) is 2.98. The van der Waals surface area contributed by atoms with Crippen LogP contribution in [0.2, 0.25) is 5.15 Å². The third-order valence-corrected chi connectivity index (χ3v) is 5.14. The number of hydrogen-bond donors (Lipinski definition) is 1. The van der Waals surface area contributed by atoms with Gasteiger partial charge in [0.1, 0.15) is 0 Å². The van der Waals surface area contributed by atoms with Crippen molar-refractivity contribution in [1.29, 1.82) is 0 Å². The first-order valence-corrected chi connectivity index (χ1v) is 9.82. The Bertz CT molecular complexity index is 926. The minimum absolute atomic E-state index is 0.140. The Hall–Kier alpha value is -2.57. The Balaban J connectivity index is 1.55. The van der Waals surface area contributed by atoms with Crippen molar-refractivity contribution in [3.8, 4) is 5.69 Å². The average molecular weight is 399 g/mol. The highest BCUT2D eigenvalue weighted by Gasteiger charge is 2.12. The van der Waals surface area contributed by atoms with E-state index >= 15 is 0 Å². The fourth-order valence-electron chi connectivity index (χ4n) is 2.45. The SMILES string of the molecule is Cc1c(/C=N\NC(=O)CCSc2ccccc2)c(Cl)nn1-c1ccccc1. The van der Waals surface area contributed by atoms with Crippen molar-refractivity contribution in [3.63, 3.8) is 0 Å². The van der Waals surface area contributed by atoms with Crippen molar-refractivity contribution in [1.82, 2.24) is 15.2 Å². The lowest BCUT2D eigenvalue weighted by Gasteiger charge is -2.03. The van der Waals surface area contributed by atoms with Crippen LogP contribution >= 0.6 is 23.4 Å². The van der Waals surface area contributed by atoms with E-state index in [0.29, 0.717) is 22.9 Å². The molecule has 1 amide bonds. The molecule has 7 heteroatoms. The number of benzene rings is 2. The van der Waals surface area contributed by atoms with Gasteiger partial charge in [-0.3, -0.25) is 4.79 Å². The van der Waals surface area contributed by atoms with Crippen LogP contribution in [0.4, 0.5) is 0 Å². The summed E-state index contributed by atoms with van der Waals surface area (Å²) in [6.07, 6.45) is 1.92. The molecule has 0 spiro atoms. The van der Waals surface area contributed by atoms with E-state index < -0.39 is 0 Å². The minimum atomic E-state index is -0.140. The topological polar surface area (TPSA) is 59.3 Å². The standard InChI is InChI=1S/C20H19ClN4OS/c1-15-18(20(21)24-25(15)16-8-4-2-5-9-16)14-22-23-19(26)12-13-27-17-10-6-3-7-11-17/h2-11,14H,12-13H2,1H3,(H,23,26)/b22-14-. The van der Waals surface area contributed by atoms with Gasteiger partial charge < -0.3 is 0 Å². The summed E-state index contributed by atoms with van der Waals surface area (Å²) in [6.45, 7) is 1.91. The smallest absolute Gasteiger partial charge is 0.240 e. The Morgan fingerprint density at radius 2 is 1.85 bits per heavy atom. The van der Waals surface area contributed by atoms with Gasteiger partial charge in [-0.1, -0.05) is 48.0 Å². The molecule has 0 saturated carbocycles. The van der Waals surface area contributed by atoms with Gasteiger partial charge in [-0.05, 0) is 31.2 Å². The first-order chi connectivity index (χ1) is 13.1. The summed E-state index contributed by atoms with van der Waals surface area (Å²) < 4.78 is 1.75. The maximum absolute atomic E-state index is 11.9. The molecule has 138 valence electrons. The number of aromatic nitrogens is 2. The molecule has 2 aromatic carbocycles. The molecular weight excluding hydrogens is 380 g/mol. The molecule has 1 aromatic heterocycles. The van der Waals surface area contributed by atoms with Gasteiger partial charge >= 0.3 is 0 Å². The van der Waals surface area contributed by atoms with Gasteiger partial charge in [0, 0.05) is 17.1 Å². The molecule has 3 aromatic rings. The second-order valence-corrected chi connectivity index (χ2v) is 7.27. The van der Waals surface area contributed by atoms with Crippen molar-refractivity contribution in [2.24, 2.45) is 5.10 Å². The van der Waals surface area contributed by atoms with E-state index in [1.165, 1.54) is 6.21 Å². The minimum Gasteiger partial charge on any atom is -0.273 e. The van der Waals surface area contributed by atoms with Crippen LogP contribution in [0.1, 0.15) is 17.7 Å². The molecule has 0 atom stereocenters. The number of para-hydroxylation sites is 1. The molecule has 0 saturated heterocycles. The fourth-order valence-corrected chi connectivity index (χ4v) is 3.58. The second-order valence-electron chi connectivity index (χ2n) is 5.74. The van der Waals surface area contributed by atoms with E-state index in [-0.39, 0.29) is 5.91 Å². The fraction of sp³-hybridized carbons (Fsp3) is 0.150. The maximum Gasteiger partial charge on any atom is 0.240 e. The summed E-state index contributed by atoms with van der Waals surface area (Å²) in [5.41, 5.74) is 4.99. The van der Waals surface area contributed by atoms with Crippen LogP contribution in [0, 0.1) is 6.92 Å². The van der Waals surface area contributed by atoms with E-state index in [4.69, 9.17) is 11.6 Å². The number of thioether (sulfide) groups is 1. The van der Waals surface area contributed by atoms with Crippen LogP contribution in [0.3, 0.4) is 0 Å². The highest BCUT2D eigenvalue weighted by molar-refractivity contribution is 7.99. The molecule has 0 aliphatic rings. The number of nitrogens with one attached hydrogen (secondary N) is 1. The predicted molar refractivity (Wildman–Crippen MR) is 111 cm³/mol. The maximum atomic E-state index is 11.9. The van der Waals surface area contributed by atoms with Crippen LogP contribution in [0.25, 0.3) is 5.69 Å². The molecule has 5 nitrogen and oxygen atoms in total. The van der Waals surface area contributed by atoms with E-state index in [2.05, 4.69) is 15.6 Å². The van der Waals surface area contributed by atoms with Gasteiger partial charge in [-0.2, -0.15) is 10.2 Å². The number of halogens is 1. The number of amides is 1. The summed E-state index contributed by atoms with van der Waals surface area (Å²) in [5.74, 6) is 0.552. The summed E-state index contributed by atoms with van der Waals surface area (Å²) in [6, 6.07) is 19.7. The van der Waals surface area contributed by atoms with Crippen LogP contribution in [0.15, 0.2) is 70.7 Å². The molecule has 0 bridgehead atoms. The number of hydrogen-bond acceptors (Lipinski definition) is 4. The molecule has 0 aliphatic carbocycles. The van der Waals surface area contributed by atoms with Crippen LogP contribution in [-0.4, -0.2) is 27.7 Å². The lowest BCUT2D eigenvalue weighted by Crippen LogP contribution is -2.17. The Kier molecular flexibility index (Phi) is 6.68. The molecule has 0 fully saturated rings. The van der Waals surface area contributed by atoms with Crippen molar-refractivity contribution >= 4 is 35.5 Å². The van der Waals surface area contributed by atoms with E-state index in [1.807, 2.05) is 67.6 Å². The van der Waals surface area contributed by atoms with E-state index in [1.54, 1.807) is 16.4 Å². The van der Waals surface area contributed by atoms with Crippen molar-refractivity contribution in [2.45, 2.75) is 18.2 Å². The number of hydrazone groups is 1. The van der Waals surface area contributed by atoms with Crippen LogP contribution < -0.4 is 5.43 Å². The molecule has 0 radical (unpaired) electrons. The van der Waals surface area contributed by atoms with Gasteiger partial charge in [-0.25, -0.2) is 10.1 Å². The van der Waals surface area contributed by atoms with E-state index in [0.717, 1.165) is 16.3 Å². The zero-order valence-electron chi connectivity index (χ0n) is 14.8. The number of carbonyl (C=O) groups excluding carboxylic acids is 1. The summed E-state index contributed by atoms with van der Waals surface area (Å²) in [5, 5.41) is 8.70. The quantitative estimate of drug-likeness (QED) is 0.363. The molecule has 27 heavy (non-hydrogen) atoms. The summed E-state index contributed by atoms with van der Waals surface area (Å²) in [7, 11) is 0. The zero-order valence-corrected chi connectivity index (χ0v) is 16.4. The summed E-state index contributed by atoms with van der Waals surface area (Å²) in [4.78, 5) is 13.1. The molecule has 0 aliphatic heterocycles. The third kappa shape index (κ3) is 5.21. The second kappa shape index (κ2) is 9.39. The monoisotopic (exact) mass is 398 g/mol. The van der Waals surface area contributed by atoms with Gasteiger partial charge in [0.15, 0.2) is 5.15 Å². The molecule has 3 rings (SSSR count). The molecule has 1 heterocycles. The molecule has 1 N–H and O–H groups in total. The van der Waals surface area contributed by atoms with Crippen LogP contribution in [0.5, 0.6) is 0 Å². The highest BCUT2D eigenvalue weighted by Crippen LogP contribution is 2.20. The lowest BCUT2D eigenvalue weighted by atomic mass is 10.2. The summed E-state index contributed by atoms with van der Waals surface area (Å²) >= 11 is 7.86. The number of nitrogens with zero attached hydrogens (tertiary/aromatic N) is 3. The first-order valence-electron chi connectivity index (χ1n) is 8.45. The van der Waals surface area contributed by atoms with Crippen LogP contribution in [-0.2, 0) is 4.79 Å². The van der Waals surface area contributed by atoms with Crippen molar-refractivity contribution in [2.75, 3.05) is 5.75 Å². The zero-order chi connectivity index (χ0) is 19.1. The third-order valence-electron chi connectivity index (χ3n) is 3.84. The lowest BCUT2D eigenvalue weighted by molar-refractivity contribution is -0.120. The number of rotatable bonds is 7. The first kappa shape index (κ1) is 19.2. The highest BCUT2D eigenvalue weighted by atomic mass is 35.5.